The molecule has 0 aromatic carbocycles. The van der Waals surface area contributed by atoms with Gasteiger partial charge in [0.05, 0.1) is 6.10 Å². The Morgan fingerprint density at radius 3 is 2.78 bits per heavy atom. The van der Waals surface area contributed by atoms with Crippen LogP contribution >= 0.6 is 0 Å². The summed E-state index contributed by atoms with van der Waals surface area (Å²) < 4.78 is 17.6. The van der Waals surface area contributed by atoms with E-state index in [9.17, 15) is 14.7 Å². The minimum absolute atomic E-state index is 0.0202. The number of hydrogen-bond acceptors (Lipinski definition) is 6. The van der Waals surface area contributed by atoms with Gasteiger partial charge in [0.25, 0.3) is 0 Å². The van der Waals surface area contributed by atoms with Gasteiger partial charge in [0.1, 0.15) is 17.8 Å². The molecule has 5 aliphatic rings. The maximum Gasteiger partial charge on any atom is 0.190 e. The highest BCUT2D eigenvalue weighted by Gasteiger charge is 2.81. The topological polar surface area (TPSA) is 85.4 Å². The van der Waals surface area contributed by atoms with Crippen molar-refractivity contribution in [2.24, 2.45) is 28.6 Å². The van der Waals surface area contributed by atoms with E-state index in [4.69, 9.17) is 14.2 Å². The molecule has 0 aromatic heterocycles. The molecule has 9 atom stereocenters. The van der Waals surface area contributed by atoms with Crippen molar-refractivity contribution in [1.82, 2.24) is 0 Å². The summed E-state index contributed by atoms with van der Waals surface area (Å²) in [7, 11) is 0. The van der Waals surface area contributed by atoms with Crippen molar-refractivity contribution >= 4 is 11.6 Å². The van der Waals surface area contributed by atoms with Crippen LogP contribution in [0.4, 0.5) is 0 Å². The maximum atomic E-state index is 13.4. The van der Waals surface area contributed by atoms with Crippen molar-refractivity contribution in [2.45, 2.75) is 83.9 Å². The summed E-state index contributed by atoms with van der Waals surface area (Å²) in [4.78, 5) is 25.5. The van der Waals surface area contributed by atoms with Gasteiger partial charge in [-0.3, -0.25) is 9.59 Å². The first-order valence-electron chi connectivity index (χ1n) is 12.2. The average Bonchev–Trinajstić information content (AvgIpc) is 3.42. The van der Waals surface area contributed by atoms with Crippen molar-refractivity contribution < 1.29 is 28.9 Å². The van der Waals surface area contributed by atoms with E-state index in [1.54, 1.807) is 19.1 Å². The molecule has 5 rings (SSSR count). The molecule has 0 aromatic rings. The standard InChI is InChI=1S/C26H36O6/c1-6-30-16(3)31-14-21(28)25(29)15(2)11-20-19-8-7-17-12-18(27)9-10-23(17,4)26(19)22(32-26)13-24(20,25)5/h9-10,12,15-16,19-20,22,29H,6-8,11,13-14H2,1-5H3/t15-,16?,19-,20-,22?,23-,24-,25-,26?/m0/s1. The third-order valence-corrected chi connectivity index (χ3v) is 9.79. The van der Waals surface area contributed by atoms with E-state index in [0.717, 1.165) is 19.3 Å². The van der Waals surface area contributed by atoms with Gasteiger partial charge in [0, 0.05) is 17.4 Å². The highest BCUT2D eigenvalue weighted by Crippen LogP contribution is 2.76. The normalized spacial score (nSPS) is 49.4. The molecule has 1 N–H and O–H groups in total. The second kappa shape index (κ2) is 7.08. The highest BCUT2D eigenvalue weighted by molar-refractivity contribution is 6.01. The number of ether oxygens (including phenoxy) is 3. The van der Waals surface area contributed by atoms with Gasteiger partial charge >= 0.3 is 0 Å². The second-order valence-electron chi connectivity index (χ2n) is 11.0. The molecule has 1 spiro atoms. The zero-order valence-electron chi connectivity index (χ0n) is 19.8. The van der Waals surface area contributed by atoms with Gasteiger partial charge in [-0.05, 0) is 76.4 Å². The highest BCUT2D eigenvalue weighted by atomic mass is 16.7. The maximum absolute atomic E-state index is 13.4. The Balaban J connectivity index is 1.45. The lowest BCUT2D eigenvalue weighted by Crippen LogP contribution is -2.62. The quantitative estimate of drug-likeness (QED) is 0.499. The molecule has 6 heteroatoms. The molecule has 3 unspecified atom stereocenters. The number of carbonyl (C=O) groups is 2. The molecule has 32 heavy (non-hydrogen) atoms. The summed E-state index contributed by atoms with van der Waals surface area (Å²) in [6.45, 7) is 10.3. The van der Waals surface area contributed by atoms with E-state index in [2.05, 4.69) is 19.9 Å². The fraction of sp³-hybridized carbons (Fsp3) is 0.769. The molecular weight excluding hydrogens is 408 g/mol. The molecule has 176 valence electrons. The summed E-state index contributed by atoms with van der Waals surface area (Å²) in [5.74, 6) is 0.0814. The van der Waals surface area contributed by atoms with Crippen molar-refractivity contribution in [3.63, 3.8) is 0 Å². The third kappa shape index (κ3) is 2.61. The zero-order valence-corrected chi connectivity index (χ0v) is 19.8. The molecule has 6 nitrogen and oxygen atoms in total. The van der Waals surface area contributed by atoms with Gasteiger partial charge < -0.3 is 19.3 Å². The second-order valence-corrected chi connectivity index (χ2v) is 11.0. The van der Waals surface area contributed by atoms with Gasteiger partial charge in [-0.1, -0.05) is 25.5 Å². The third-order valence-electron chi connectivity index (χ3n) is 9.79. The first-order valence-corrected chi connectivity index (χ1v) is 12.2. The fourth-order valence-electron chi connectivity index (χ4n) is 8.16. The van der Waals surface area contributed by atoms with E-state index in [1.165, 1.54) is 5.57 Å². The monoisotopic (exact) mass is 444 g/mol. The fourth-order valence-corrected chi connectivity index (χ4v) is 8.16. The molecule has 0 radical (unpaired) electrons. The number of rotatable bonds is 6. The van der Waals surface area contributed by atoms with Crippen LogP contribution in [0.1, 0.15) is 60.3 Å². The van der Waals surface area contributed by atoms with Crippen molar-refractivity contribution in [3.05, 3.63) is 23.8 Å². The van der Waals surface area contributed by atoms with Crippen molar-refractivity contribution in [1.29, 1.82) is 0 Å². The van der Waals surface area contributed by atoms with E-state index < -0.39 is 17.3 Å². The minimum Gasteiger partial charge on any atom is -0.381 e. The van der Waals surface area contributed by atoms with Crippen molar-refractivity contribution in [3.8, 4) is 0 Å². The lowest BCUT2D eigenvalue weighted by atomic mass is 9.46. The van der Waals surface area contributed by atoms with Crippen LogP contribution in [-0.2, 0) is 23.8 Å². The average molecular weight is 445 g/mol. The lowest BCUT2D eigenvalue weighted by molar-refractivity contribution is -0.180. The van der Waals surface area contributed by atoms with Crippen molar-refractivity contribution in [2.75, 3.05) is 13.2 Å². The van der Waals surface area contributed by atoms with E-state index in [-0.39, 0.29) is 53.0 Å². The number of epoxide rings is 1. The Hall–Kier alpha value is -1.34. The lowest BCUT2D eigenvalue weighted by Gasteiger charge is -2.55. The Morgan fingerprint density at radius 2 is 2.06 bits per heavy atom. The van der Waals surface area contributed by atoms with Crippen LogP contribution in [0, 0.1) is 28.6 Å². The Kier molecular flexibility index (Phi) is 4.97. The molecule has 1 heterocycles. The SMILES string of the molecule is CCOC(C)OCC(=O)[C@@]1(O)[C@@H](C)C[C@H]2[C@@H]3CCC4=CC(=O)C=C[C@]4(C)C34OC4C[C@@]21C. The molecule has 1 saturated heterocycles. The number of ketones is 2. The molecule has 1 aliphatic heterocycles. The number of carbonyl (C=O) groups excluding carboxylic acids is 2. The Labute approximate surface area is 190 Å². The van der Waals surface area contributed by atoms with Crippen LogP contribution in [0.25, 0.3) is 0 Å². The summed E-state index contributed by atoms with van der Waals surface area (Å²) in [6.07, 6.45) is 8.25. The van der Waals surface area contributed by atoms with Crippen LogP contribution in [0.15, 0.2) is 23.8 Å². The summed E-state index contributed by atoms with van der Waals surface area (Å²) in [6, 6.07) is 0. The molecular formula is C26H36O6. The largest absolute Gasteiger partial charge is 0.381 e. The Morgan fingerprint density at radius 1 is 1.31 bits per heavy atom. The Bertz CT molecular complexity index is 908. The summed E-state index contributed by atoms with van der Waals surface area (Å²) in [5.41, 5.74) is -1.46. The van der Waals surface area contributed by atoms with E-state index in [0.29, 0.717) is 13.0 Å². The smallest absolute Gasteiger partial charge is 0.190 e. The minimum atomic E-state index is -1.45. The molecule has 0 amide bonds. The molecule has 3 saturated carbocycles. The summed E-state index contributed by atoms with van der Waals surface area (Å²) in [5, 5.41) is 12.0. The van der Waals surface area contributed by atoms with E-state index >= 15 is 0 Å². The van der Waals surface area contributed by atoms with Crippen LogP contribution in [-0.4, -0.2) is 53.5 Å². The first kappa shape index (κ1) is 22.5. The first-order chi connectivity index (χ1) is 15.0. The van der Waals surface area contributed by atoms with Gasteiger partial charge in [-0.2, -0.15) is 0 Å². The number of hydrogen-bond donors (Lipinski definition) is 1. The van der Waals surface area contributed by atoms with Gasteiger partial charge in [0.2, 0.25) is 0 Å². The number of Topliss-reactive ketones (excluding diaryl/α,β-unsaturated/α-hetero) is 1. The number of allylic oxidation sites excluding steroid dienone is 2. The van der Waals surface area contributed by atoms with Gasteiger partial charge in [0.15, 0.2) is 17.9 Å². The predicted molar refractivity (Wildman–Crippen MR) is 118 cm³/mol. The number of aliphatic hydroxyl groups is 1. The van der Waals surface area contributed by atoms with Gasteiger partial charge in [-0.15, -0.1) is 0 Å². The van der Waals surface area contributed by atoms with E-state index in [1.807, 2.05) is 13.8 Å². The molecule has 4 aliphatic carbocycles. The zero-order chi connectivity index (χ0) is 23.1. The molecule has 4 fully saturated rings. The number of fused-ring (bicyclic) bond motifs is 3. The van der Waals surface area contributed by atoms with Crippen LogP contribution in [0.5, 0.6) is 0 Å². The van der Waals surface area contributed by atoms with Crippen LogP contribution in [0.2, 0.25) is 0 Å². The van der Waals surface area contributed by atoms with Gasteiger partial charge in [-0.25, -0.2) is 0 Å². The van der Waals surface area contributed by atoms with Crippen LogP contribution in [0.3, 0.4) is 0 Å². The summed E-state index contributed by atoms with van der Waals surface area (Å²) >= 11 is 0. The van der Waals surface area contributed by atoms with Crippen LogP contribution < -0.4 is 0 Å². The molecule has 0 bridgehead atoms. The predicted octanol–water partition coefficient (Wildman–Crippen LogP) is 3.37.